The lowest BCUT2D eigenvalue weighted by atomic mass is 10.4. The van der Waals surface area contributed by atoms with E-state index in [2.05, 4.69) is 4.90 Å². The molecule has 0 saturated carbocycles. The lowest BCUT2D eigenvalue weighted by Gasteiger charge is -2.17. The van der Waals surface area contributed by atoms with E-state index in [0.29, 0.717) is 5.82 Å². The van der Waals surface area contributed by atoms with Gasteiger partial charge in [0.05, 0.1) is 11.5 Å². The maximum Gasteiger partial charge on any atom is 0.0955 e. The maximum atomic E-state index is 5.44. The van der Waals surface area contributed by atoms with Crippen LogP contribution in [0.3, 0.4) is 0 Å². The zero-order valence-electron chi connectivity index (χ0n) is 7.16. The van der Waals surface area contributed by atoms with Gasteiger partial charge in [0.1, 0.15) is 0 Å². The lowest BCUT2D eigenvalue weighted by Crippen LogP contribution is -2.20. The van der Waals surface area contributed by atoms with Gasteiger partial charge in [0.25, 0.3) is 0 Å². The first-order valence-electron chi connectivity index (χ1n) is 4.13. The second kappa shape index (κ2) is 3.90. The first-order chi connectivity index (χ1) is 5.74. The van der Waals surface area contributed by atoms with Crippen molar-refractivity contribution >= 4 is 0 Å². The number of likely N-dealkylation sites (tertiary alicyclic amines) is 1. The van der Waals surface area contributed by atoms with Crippen LogP contribution >= 0.6 is 0 Å². The van der Waals surface area contributed by atoms with Crippen LogP contribution in [0.25, 0.3) is 0 Å². The number of hydrogen-bond acceptors (Lipinski definition) is 4. The quantitative estimate of drug-likeness (QED) is 0.492. The summed E-state index contributed by atoms with van der Waals surface area (Å²) in [6.45, 7) is 2.10. The minimum atomic E-state index is 0.304. The summed E-state index contributed by atoms with van der Waals surface area (Å²) in [5.74, 6) is 0.304. The molecule has 0 aromatic carbocycles. The van der Waals surface area contributed by atoms with E-state index in [-0.39, 0.29) is 0 Å². The van der Waals surface area contributed by atoms with Gasteiger partial charge in [-0.3, -0.25) is 0 Å². The fraction of sp³-hybridized carbons (Fsp3) is 0.500. The topological polar surface area (TPSA) is 81.3 Å². The smallest absolute Gasteiger partial charge is 0.0955 e. The van der Waals surface area contributed by atoms with E-state index in [4.69, 9.17) is 17.2 Å². The molecule has 1 aliphatic heterocycles. The Labute approximate surface area is 72.7 Å². The van der Waals surface area contributed by atoms with Crippen LogP contribution in [0.1, 0.15) is 12.8 Å². The number of nitrogens with zero attached hydrogens (tertiary/aromatic N) is 1. The van der Waals surface area contributed by atoms with Gasteiger partial charge in [-0.15, -0.1) is 0 Å². The van der Waals surface area contributed by atoms with Crippen molar-refractivity contribution in [2.24, 2.45) is 17.2 Å². The Morgan fingerprint density at radius 2 is 1.75 bits per heavy atom. The van der Waals surface area contributed by atoms with Crippen molar-refractivity contribution in [3.05, 3.63) is 23.8 Å². The molecule has 0 unspecified atom stereocenters. The zero-order valence-corrected chi connectivity index (χ0v) is 7.16. The Hall–Kier alpha value is -1.32. The molecule has 0 bridgehead atoms. The molecule has 0 amide bonds. The van der Waals surface area contributed by atoms with Gasteiger partial charge in [0, 0.05) is 25.4 Å². The van der Waals surface area contributed by atoms with Crippen molar-refractivity contribution in [3.8, 4) is 0 Å². The Morgan fingerprint density at radius 1 is 1.17 bits per heavy atom. The van der Waals surface area contributed by atoms with E-state index in [1.54, 1.807) is 12.3 Å². The summed E-state index contributed by atoms with van der Waals surface area (Å²) < 4.78 is 0. The minimum Gasteiger partial charge on any atom is -0.403 e. The van der Waals surface area contributed by atoms with Crippen molar-refractivity contribution in [1.29, 1.82) is 0 Å². The normalized spacial score (nSPS) is 18.0. The van der Waals surface area contributed by atoms with Crippen LogP contribution < -0.4 is 17.2 Å². The molecule has 0 spiro atoms. The fourth-order valence-electron chi connectivity index (χ4n) is 1.39. The number of rotatable bonds is 2. The van der Waals surface area contributed by atoms with Gasteiger partial charge >= 0.3 is 0 Å². The van der Waals surface area contributed by atoms with E-state index >= 15 is 0 Å². The molecule has 0 aromatic rings. The van der Waals surface area contributed by atoms with Crippen LogP contribution in [-0.2, 0) is 0 Å². The summed E-state index contributed by atoms with van der Waals surface area (Å²) in [5.41, 5.74) is 17.1. The van der Waals surface area contributed by atoms with Crippen molar-refractivity contribution < 1.29 is 0 Å². The molecule has 12 heavy (non-hydrogen) atoms. The largest absolute Gasteiger partial charge is 0.403 e. The average Bonchev–Trinajstić information content (AvgIpc) is 2.51. The Bertz CT molecular complexity index is 197. The number of hydrogen-bond donors (Lipinski definition) is 3. The van der Waals surface area contributed by atoms with Crippen molar-refractivity contribution in [1.82, 2.24) is 4.90 Å². The highest BCUT2D eigenvalue weighted by molar-refractivity contribution is 5.19. The van der Waals surface area contributed by atoms with Crippen LogP contribution in [0.15, 0.2) is 23.8 Å². The highest BCUT2D eigenvalue weighted by Gasteiger charge is 2.12. The Balaban J connectivity index is 2.62. The Morgan fingerprint density at radius 3 is 2.17 bits per heavy atom. The molecule has 6 N–H and O–H groups in total. The molecule has 1 rings (SSSR count). The molecule has 1 aliphatic rings. The van der Waals surface area contributed by atoms with E-state index in [1.807, 2.05) is 0 Å². The first-order valence-corrected chi connectivity index (χ1v) is 4.13. The molecule has 1 fully saturated rings. The highest BCUT2D eigenvalue weighted by Crippen LogP contribution is 2.14. The first kappa shape index (κ1) is 8.77. The predicted molar refractivity (Wildman–Crippen MR) is 49.5 cm³/mol. The van der Waals surface area contributed by atoms with E-state index in [0.717, 1.165) is 18.8 Å². The van der Waals surface area contributed by atoms with Gasteiger partial charge in [0.15, 0.2) is 0 Å². The molecule has 4 nitrogen and oxygen atoms in total. The van der Waals surface area contributed by atoms with Gasteiger partial charge < -0.3 is 22.1 Å². The van der Waals surface area contributed by atoms with E-state index < -0.39 is 0 Å². The third kappa shape index (κ3) is 2.08. The summed E-state index contributed by atoms with van der Waals surface area (Å²) in [6.07, 6.45) is 5.68. The standard InChI is InChI=1S/C8H16N4/c9-6-7(5-8(10)11)12-3-1-2-4-12/h5-6H,1-4,9-11H2/b7-6+. The second-order valence-electron chi connectivity index (χ2n) is 2.93. The highest BCUT2D eigenvalue weighted by atomic mass is 15.2. The molecule has 4 heteroatoms. The maximum absolute atomic E-state index is 5.44. The van der Waals surface area contributed by atoms with Crippen LogP contribution in [-0.4, -0.2) is 18.0 Å². The lowest BCUT2D eigenvalue weighted by molar-refractivity contribution is 0.438. The second-order valence-corrected chi connectivity index (χ2v) is 2.93. The van der Waals surface area contributed by atoms with Crippen LogP contribution in [0.5, 0.6) is 0 Å². The summed E-state index contributed by atoms with van der Waals surface area (Å²) in [6, 6.07) is 0. The van der Waals surface area contributed by atoms with Crippen molar-refractivity contribution in [2.45, 2.75) is 12.8 Å². The minimum absolute atomic E-state index is 0.304. The van der Waals surface area contributed by atoms with Gasteiger partial charge in [-0.2, -0.15) is 0 Å². The van der Waals surface area contributed by atoms with E-state index in [1.165, 1.54) is 12.8 Å². The molecule has 0 radical (unpaired) electrons. The third-order valence-electron chi connectivity index (χ3n) is 1.96. The van der Waals surface area contributed by atoms with Gasteiger partial charge in [-0.1, -0.05) is 0 Å². The van der Waals surface area contributed by atoms with Gasteiger partial charge in [-0.25, -0.2) is 0 Å². The monoisotopic (exact) mass is 168 g/mol. The van der Waals surface area contributed by atoms with Crippen molar-refractivity contribution in [3.63, 3.8) is 0 Å². The summed E-state index contributed by atoms with van der Waals surface area (Å²) in [5, 5.41) is 0. The third-order valence-corrected chi connectivity index (χ3v) is 1.96. The molecule has 0 atom stereocenters. The molecular weight excluding hydrogens is 152 g/mol. The molecule has 0 aromatic heterocycles. The van der Waals surface area contributed by atoms with Crippen LogP contribution in [0, 0.1) is 0 Å². The summed E-state index contributed by atoms with van der Waals surface area (Å²) in [4.78, 5) is 2.18. The SMILES string of the molecule is N/C=C(\C=C(N)N)N1CCCC1. The molecule has 68 valence electrons. The number of nitrogens with two attached hydrogens (primary N) is 3. The predicted octanol–water partition coefficient (Wildman–Crippen LogP) is -0.359. The van der Waals surface area contributed by atoms with Gasteiger partial charge in [0.2, 0.25) is 0 Å². The average molecular weight is 168 g/mol. The number of allylic oxidation sites excluding steroid dienone is 1. The fourth-order valence-corrected chi connectivity index (χ4v) is 1.39. The summed E-state index contributed by atoms with van der Waals surface area (Å²) >= 11 is 0. The zero-order chi connectivity index (χ0) is 8.97. The Kier molecular flexibility index (Phi) is 2.85. The van der Waals surface area contributed by atoms with E-state index in [9.17, 15) is 0 Å². The van der Waals surface area contributed by atoms with Gasteiger partial charge in [-0.05, 0) is 12.8 Å². The van der Waals surface area contributed by atoms with Crippen LogP contribution in [0.4, 0.5) is 0 Å². The molecular formula is C8H16N4. The molecule has 1 saturated heterocycles. The van der Waals surface area contributed by atoms with Crippen molar-refractivity contribution in [2.75, 3.05) is 13.1 Å². The molecule has 0 aliphatic carbocycles. The van der Waals surface area contributed by atoms with Crippen LogP contribution in [0.2, 0.25) is 0 Å². The molecule has 1 heterocycles. The summed E-state index contributed by atoms with van der Waals surface area (Å²) in [7, 11) is 0.